The molecule has 0 saturated carbocycles. The third kappa shape index (κ3) is 3.82. The van der Waals surface area contributed by atoms with Gasteiger partial charge in [-0.25, -0.2) is 4.98 Å². The monoisotopic (exact) mass is 401 g/mol. The molecule has 29 heavy (non-hydrogen) atoms. The molecular weight excluding hydrogens is 387 g/mol. The summed E-state index contributed by atoms with van der Waals surface area (Å²) in [5, 5.41) is 7.83. The molecule has 0 aliphatic rings. The van der Waals surface area contributed by atoms with Crippen molar-refractivity contribution in [1.29, 1.82) is 0 Å². The Kier molecular flexibility index (Phi) is 4.53. The van der Waals surface area contributed by atoms with Crippen molar-refractivity contribution in [1.82, 2.24) is 24.5 Å². The quantitative estimate of drug-likeness (QED) is 0.525. The molecule has 10 heteroatoms. The largest absolute Gasteiger partial charge is 0.573 e. The highest BCUT2D eigenvalue weighted by Crippen LogP contribution is 2.24. The first kappa shape index (κ1) is 18.7. The molecule has 0 N–H and O–H groups in total. The van der Waals surface area contributed by atoms with Crippen LogP contribution in [0, 0.1) is 6.92 Å². The number of aryl methyl sites for hydroxylation is 1. The Labute approximate surface area is 162 Å². The van der Waals surface area contributed by atoms with E-state index in [0.29, 0.717) is 12.2 Å². The molecule has 148 valence electrons. The second-order valence-corrected chi connectivity index (χ2v) is 6.32. The number of benzene rings is 2. The zero-order valence-electron chi connectivity index (χ0n) is 15.1. The minimum atomic E-state index is -4.77. The maximum atomic E-state index is 12.8. The van der Waals surface area contributed by atoms with Gasteiger partial charge in [-0.15, -0.1) is 18.3 Å². The first-order chi connectivity index (χ1) is 13.8. The lowest BCUT2D eigenvalue weighted by atomic mass is 10.1. The first-order valence-electron chi connectivity index (χ1n) is 8.53. The third-order valence-corrected chi connectivity index (χ3v) is 4.35. The molecule has 0 amide bonds. The van der Waals surface area contributed by atoms with Gasteiger partial charge >= 0.3 is 6.36 Å². The second-order valence-electron chi connectivity index (χ2n) is 6.32. The maximum absolute atomic E-state index is 12.8. The summed E-state index contributed by atoms with van der Waals surface area (Å²) >= 11 is 0. The van der Waals surface area contributed by atoms with Crippen molar-refractivity contribution in [2.75, 3.05) is 0 Å². The van der Waals surface area contributed by atoms with Gasteiger partial charge < -0.3 is 4.74 Å². The minimum absolute atomic E-state index is 0.0664. The molecule has 2 aromatic heterocycles. The highest BCUT2D eigenvalue weighted by Gasteiger charge is 2.31. The van der Waals surface area contributed by atoms with E-state index in [1.807, 2.05) is 31.2 Å². The molecule has 0 unspecified atom stereocenters. The number of alkyl halides is 3. The number of halogens is 3. The van der Waals surface area contributed by atoms with Gasteiger partial charge in [-0.3, -0.25) is 9.36 Å². The number of nitrogens with zero attached hydrogens (tertiary/aromatic N) is 5. The summed E-state index contributed by atoms with van der Waals surface area (Å²) in [5.41, 5.74) is 2.33. The van der Waals surface area contributed by atoms with E-state index < -0.39 is 6.36 Å². The SMILES string of the molecule is Cc1ccccc1Cn1cnc2c(nnn2-c2ccc(OC(F)(F)F)cc2)c1=O. The average molecular weight is 401 g/mol. The van der Waals surface area contributed by atoms with Gasteiger partial charge in [0.2, 0.25) is 0 Å². The van der Waals surface area contributed by atoms with Gasteiger partial charge in [0, 0.05) is 0 Å². The van der Waals surface area contributed by atoms with Crippen molar-refractivity contribution in [2.24, 2.45) is 0 Å². The molecule has 0 radical (unpaired) electrons. The summed E-state index contributed by atoms with van der Waals surface area (Å²) in [4.78, 5) is 17.0. The van der Waals surface area contributed by atoms with E-state index in [4.69, 9.17) is 0 Å². The molecule has 0 spiro atoms. The van der Waals surface area contributed by atoms with Gasteiger partial charge in [0.25, 0.3) is 5.56 Å². The lowest BCUT2D eigenvalue weighted by molar-refractivity contribution is -0.274. The van der Waals surface area contributed by atoms with Crippen molar-refractivity contribution >= 4 is 11.2 Å². The lowest BCUT2D eigenvalue weighted by Gasteiger charge is -2.09. The van der Waals surface area contributed by atoms with Crippen LogP contribution in [-0.2, 0) is 6.54 Å². The van der Waals surface area contributed by atoms with E-state index in [9.17, 15) is 18.0 Å². The predicted molar refractivity (Wildman–Crippen MR) is 97.9 cm³/mol. The second kappa shape index (κ2) is 7.04. The fourth-order valence-corrected chi connectivity index (χ4v) is 2.89. The van der Waals surface area contributed by atoms with Crippen molar-refractivity contribution in [2.45, 2.75) is 19.8 Å². The molecule has 4 aromatic rings. The van der Waals surface area contributed by atoms with Gasteiger partial charge in [-0.1, -0.05) is 29.5 Å². The topological polar surface area (TPSA) is 74.8 Å². The lowest BCUT2D eigenvalue weighted by Crippen LogP contribution is -2.22. The summed E-state index contributed by atoms with van der Waals surface area (Å²) in [5.74, 6) is -0.362. The zero-order valence-corrected chi connectivity index (χ0v) is 15.1. The van der Waals surface area contributed by atoms with Crippen molar-refractivity contribution < 1.29 is 17.9 Å². The number of fused-ring (bicyclic) bond motifs is 1. The molecule has 0 bridgehead atoms. The van der Waals surface area contributed by atoms with Crippen molar-refractivity contribution in [3.63, 3.8) is 0 Å². The summed E-state index contributed by atoms with van der Waals surface area (Å²) < 4.78 is 43.4. The molecule has 2 heterocycles. The van der Waals surface area contributed by atoms with Crippen LogP contribution in [0.2, 0.25) is 0 Å². The van der Waals surface area contributed by atoms with E-state index in [-0.39, 0.29) is 22.5 Å². The highest BCUT2D eigenvalue weighted by atomic mass is 19.4. The average Bonchev–Trinajstić information content (AvgIpc) is 3.10. The van der Waals surface area contributed by atoms with Crippen LogP contribution in [0.3, 0.4) is 0 Å². The standard InChI is InChI=1S/C19H14F3N5O2/c1-12-4-2-3-5-13(12)10-26-11-23-17-16(18(26)28)24-25-27(17)14-6-8-15(9-7-14)29-19(20,21)22/h2-9,11H,10H2,1H3. The molecule has 7 nitrogen and oxygen atoms in total. The molecule has 0 saturated heterocycles. The molecule has 0 atom stereocenters. The van der Waals surface area contributed by atoms with Gasteiger partial charge in [-0.05, 0) is 42.3 Å². The highest BCUT2D eigenvalue weighted by molar-refractivity contribution is 5.70. The number of hydrogen-bond acceptors (Lipinski definition) is 5. The Morgan fingerprint density at radius 3 is 2.48 bits per heavy atom. The fraction of sp³-hybridized carbons (Fsp3) is 0.158. The zero-order chi connectivity index (χ0) is 20.6. The number of ether oxygens (including phenoxy) is 1. The van der Waals surface area contributed by atoms with E-state index in [1.165, 1.54) is 27.7 Å². The van der Waals surface area contributed by atoms with Crippen LogP contribution >= 0.6 is 0 Å². The van der Waals surface area contributed by atoms with E-state index in [2.05, 4.69) is 20.0 Å². The molecular formula is C19H14F3N5O2. The number of aromatic nitrogens is 5. The minimum Gasteiger partial charge on any atom is -0.406 e. The molecule has 2 aromatic carbocycles. The van der Waals surface area contributed by atoms with E-state index in [1.54, 1.807) is 0 Å². The normalized spacial score (nSPS) is 11.7. The Hall–Kier alpha value is -3.69. The summed E-state index contributed by atoms with van der Waals surface area (Å²) in [7, 11) is 0. The van der Waals surface area contributed by atoms with E-state index >= 15 is 0 Å². The van der Waals surface area contributed by atoms with Crippen LogP contribution in [0.1, 0.15) is 11.1 Å². The van der Waals surface area contributed by atoms with Crippen molar-refractivity contribution in [3.8, 4) is 11.4 Å². The molecule has 0 aliphatic heterocycles. The van der Waals surface area contributed by atoms with Gasteiger partial charge in [0.15, 0.2) is 11.2 Å². The Balaban J connectivity index is 1.67. The first-order valence-corrected chi connectivity index (χ1v) is 8.53. The smallest absolute Gasteiger partial charge is 0.406 e. The van der Waals surface area contributed by atoms with Crippen LogP contribution in [0.5, 0.6) is 5.75 Å². The summed E-state index contributed by atoms with van der Waals surface area (Å²) in [6.07, 6.45) is -3.37. The Morgan fingerprint density at radius 2 is 1.79 bits per heavy atom. The van der Waals surface area contributed by atoms with Crippen molar-refractivity contribution in [3.05, 3.63) is 76.3 Å². The predicted octanol–water partition coefficient (Wildman–Crippen LogP) is 3.23. The van der Waals surface area contributed by atoms with Crippen LogP contribution in [0.15, 0.2) is 59.7 Å². The Bertz CT molecular complexity index is 1230. The maximum Gasteiger partial charge on any atom is 0.573 e. The van der Waals surface area contributed by atoms with Crippen LogP contribution in [0.4, 0.5) is 13.2 Å². The van der Waals surface area contributed by atoms with Crippen LogP contribution in [-0.4, -0.2) is 30.9 Å². The fourth-order valence-electron chi connectivity index (χ4n) is 2.89. The van der Waals surface area contributed by atoms with E-state index in [0.717, 1.165) is 23.3 Å². The molecule has 4 rings (SSSR count). The summed E-state index contributed by atoms with van der Waals surface area (Å²) in [6.45, 7) is 2.29. The van der Waals surface area contributed by atoms with Crippen LogP contribution < -0.4 is 10.3 Å². The third-order valence-electron chi connectivity index (χ3n) is 4.35. The Morgan fingerprint density at radius 1 is 1.07 bits per heavy atom. The van der Waals surface area contributed by atoms with Gasteiger partial charge in [0.05, 0.1) is 12.2 Å². The number of hydrogen-bond donors (Lipinski definition) is 0. The molecule has 0 fully saturated rings. The molecule has 0 aliphatic carbocycles. The van der Waals surface area contributed by atoms with Crippen LogP contribution in [0.25, 0.3) is 16.9 Å². The van der Waals surface area contributed by atoms with Gasteiger partial charge in [-0.2, -0.15) is 4.68 Å². The number of rotatable bonds is 4. The van der Waals surface area contributed by atoms with Gasteiger partial charge in [0.1, 0.15) is 12.1 Å². The summed E-state index contributed by atoms with van der Waals surface area (Å²) in [6, 6.07) is 12.7.